The van der Waals surface area contributed by atoms with Crippen LogP contribution in [-0.2, 0) is 39.6 Å². The van der Waals surface area contributed by atoms with Crippen LogP contribution >= 0.6 is 0 Å². The van der Waals surface area contributed by atoms with Gasteiger partial charge < -0.3 is 81.9 Å². The first-order valence-corrected chi connectivity index (χ1v) is 24.0. The Morgan fingerprint density at radius 1 is 0.294 bits per heavy atom. The minimum Gasteiger partial charge on any atom is -0.628 e. The summed E-state index contributed by atoms with van der Waals surface area (Å²) in [6, 6.07) is 40.3. The second kappa shape index (κ2) is 34.9. The zero-order valence-electron chi connectivity index (χ0n) is 47.1. The van der Waals surface area contributed by atoms with Crippen LogP contribution in [-0.4, -0.2) is 168 Å². The van der Waals surface area contributed by atoms with Crippen molar-refractivity contribution in [1.29, 1.82) is 0 Å². The van der Waals surface area contributed by atoms with Gasteiger partial charge in [-0.25, -0.2) is 19.2 Å². The van der Waals surface area contributed by atoms with Gasteiger partial charge in [-0.05, 0) is 94.1 Å². The van der Waals surface area contributed by atoms with Gasteiger partial charge in [0, 0.05) is 198 Å². The summed E-state index contributed by atoms with van der Waals surface area (Å²) in [6.45, 7) is 0. The minimum atomic E-state index is -1.07. The van der Waals surface area contributed by atoms with E-state index in [-0.39, 0.29) is 64.6 Å². The number of fused-ring (bicyclic) bond motifs is 8. The third-order valence-electron chi connectivity index (χ3n) is 11.1. The topological polar surface area (TPSA) is 413 Å². The fourth-order valence-corrected chi connectivity index (χ4v) is 7.39. The number of hydrogen-bond acceptors (Lipinski definition) is 8. The summed E-state index contributed by atoms with van der Waals surface area (Å²) < 4.78 is 0. The molecule has 0 fully saturated rings. The Bertz CT molecular complexity index is 2850. The van der Waals surface area contributed by atoms with Crippen molar-refractivity contribution >= 4 is 49.5 Å². The van der Waals surface area contributed by atoms with E-state index in [0.717, 1.165) is 25.6 Å². The summed E-state index contributed by atoms with van der Waals surface area (Å²) in [7, 11) is 13.5. The van der Waals surface area contributed by atoms with Gasteiger partial charge in [0.1, 0.15) is 0 Å². The van der Waals surface area contributed by atoms with Crippen molar-refractivity contribution in [3.8, 4) is 0 Å². The number of nitrogens with zero attached hydrogens (tertiary/aromatic N) is 8. The Morgan fingerprint density at radius 3 is 0.506 bits per heavy atom. The monoisotopic (exact) mass is 1260 g/mol. The number of carbonyl (C=O) groups excluding carboxylic acids is 4. The number of rotatable bonds is 12. The zero-order valence-corrected chi connectivity index (χ0v) is 48.7. The van der Waals surface area contributed by atoms with E-state index in [1.54, 1.807) is 105 Å². The summed E-state index contributed by atoms with van der Waals surface area (Å²) >= 11 is 0. The summed E-state index contributed by atoms with van der Waals surface area (Å²) in [5.74, 6) is -1.89. The van der Waals surface area contributed by atoms with Gasteiger partial charge in [-0.2, -0.15) is 0 Å². The molecule has 4 aromatic carbocycles. The van der Waals surface area contributed by atoms with Crippen molar-refractivity contribution in [1.82, 2.24) is 39.5 Å². The van der Waals surface area contributed by atoms with Gasteiger partial charge in [0.15, 0.2) is 0 Å². The molecule has 0 atom stereocenters. The Kier molecular flexibility index (Phi) is 30.7. The molecule has 1 aliphatic heterocycles. The summed E-state index contributed by atoms with van der Waals surface area (Å²) in [4.78, 5) is 111. The van der Waals surface area contributed by atoms with Gasteiger partial charge in [0.05, 0.1) is 44.5 Å². The minimum absolute atomic E-state index is 0. The molecule has 9 rings (SSSR count). The predicted octanol–water partition coefficient (Wildman–Crippen LogP) is 2.21. The largest absolute Gasteiger partial charge is 0.628 e. The van der Waals surface area contributed by atoms with Crippen LogP contribution in [0.5, 0.6) is 0 Å². The SMILES string of the molecule is CN(C)C=O.CN(C)C=O.CN(C)C=O.CN(C)C=O.O.O.O.O.O=C(O)c1ccc([C+]2c3ccc([n-]3)[C+](c3ccc(C(=O)O)cc3)c3ccc([n-]3)[C+](c3ccc(C(=O)O)cc3)c3ccc([n-]3)[C+](c3ccc(C(=O)O)cc3)c3ccc2[n-]3)cc1.[Pd]. The van der Waals surface area contributed by atoms with Crippen molar-refractivity contribution < 1.29 is 101 Å². The summed E-state index contributed by atoms with van der Waals surface area (Å²) in [6.07, 6.45) is 3.00. The standard InChI is InChI=1S/C48H28N4O8.4C3H7NO.4H2O.Pd/c53-45(54)29-9-1-25(2-10-29)41-33-17-19-35(49-33)42(26-3-11-30(12-4-26)46(55)56)37-21-23-39(51-37)44(28-7-15-32(16-8-28)48(59)60)40-24-22-38(52-40)43(36-20-18-34(41)50-36)27-5-13-31(14-6-27)47(57)58;4*1-4(2)3-5;;;;;/h1-24H,(H,53,54)(H,55,56)(H,57,58)(H,59,60);4*3H,1-2H3;4*1H2;. The molecule has 1 aliphatic rings. The van der Waals surface area contributed by atoms with E-state index in [0.29, 0.717) is 91.5 Å². The number of carbonyl (C=O) groups is 8. The molecule has 0 radical (unpaired) electrons. The third-order valence-corrected chi connectivity index (χ3v) is 11.1. The van der Waals surface area contributed by atoms with Gasteiger partial charge in [0.25, 0.3) is 0 Å². The Labute approximate surface area is 503 Å². The molecular weight excluding hydrogens is 1200 g/mol. The molecule has 4 aromatic heterocycles. The molecule has 12 N–H and O–H groups in total. The Hall–Kier alpha value is -10.3. The van der Waals surface area contributed by atoms with E-state index in [1.165, 1.54) is 68.1 Å². The summed E-state index contributed by atoms with van der Waals surface area (Å²) in [5, 5.41) is 38.7. The van der Waals surface area contributed by atoms with Crippen molar-refractivity contribution in [2.24, 2.45) is 0 Å². The molecule has 0 saturated heterocycles. The number of carboxylic acid groups (broad SMARTS) is 4. The normalized spacial score (nSPS) is 10.4. The molecule has 5 heterocycles. The first-order valence-electron chi connectivity index (χ1n) is 24.0. The molecule has 450 valence electrons. The van der Waals surface area contributed by atoms with E-state index >= 15 is 0 Å². The summed E-state index contributed by atoms with van der Waals surface area (Å²) in [5.41, 5.74) is 7.12. The number of amides is 4. The van der Waals surface area contributed by atoms with Crippen LogP contribution in [0.4, 0.5) is 0 Å². The average molecular weight is 1260 g/mol. The van der Waals surface area contributed by atoms with E-state index in [1.807, 2.05) is 48.5 Å². The van der Waals surface area contributed by atoms with Crippen molar-refractivity contribution in [2.75, 3.05) is 56.4 Å². The molecule has 0 spiro atoms. The van der Waals surface area contributed by atoms with Crippen LogP contribution in [0.25, 0.3) is 0 Å². The maximum atomic E-state index is 11.8. The number of hydrogen-bond donors (Lipinski definition) is 4. The molecule has 24 nitrogen and oxygen atoms in total. The van der Waals surface area contributed by atoms with Crippen LogP contribution in [0.1, 0.15) is 109 Å². The smallest absolute Gasteiger partial charge is 0.337 e. The zero-order chi connectivity index (χ0) is 58.8. The van der Waals surface area contributed by atoms with Gasteiger partial charge in [-0.3, -0.25) is 19.2 Å². The first kappa shape index (κ1) is 74.7. The van der Waals surface area contributed by atoms with Crippen LogP contribution in [0, 0.1) is 23.7 Å². The van der Waals surface area contributed by atoms with Crippen LogP contribution in [0.15, 0.2) is 146 Å². The maximum Gasteiger partial charge on any atom is 0.337 e. The van der Waals surface area contributed by atoms with Gasteiger partial charge in [0.2, 0.25) is 25.6 Å². The molecule has 8 bridgehead atoms. The van der Waals surface area contributed by atoms with Crippen molar-refractivity contribution in [3.05, 3.63) is 259 Å². The second-order valence-corrected chi connectivity index (χ2v) is 18.2. The number of carboxylic acids is 4. The molecule has 0 aliphatic carbocycles. The molecule has 25 heteroatoms. The van der Waals surface area contributed by atoms with Crippen LogP contribution < -0.4 is 19.9 Å². The molecule has 85 heavy (non-hydrogen) atoms. The van der Waals surface area contributed by atoms with Crippen molar-refractivity contribution in [2.45, 2.75) is 0 Å². The molecular formula is C60H64N8O16Pd. The van der Waals surface area contributed by atoms with E-state index in [9.17, 15) is 58.8 Å². The molecule has 8 aromatic rings. The van der Waals surface area contributed by atoms with Crippen molar-refractivity contribution in [3.63, 3.8) is 0 Å². The average Bonchev–Trinajstić information content (AvgIpc) is 4.46. The molecule has 4 amide bonds. The Morgan fingerprint density at radius 2 is 0.412 bits per heavy atom. The van der Waals surface area contributed by atoms with Gasteiger partial charge in [-0.15, -0.1) is 0 Å². The predicted molar refractivity (Wildman–Crippen MR) is 308 cm³/mol. The Balaban J connectivity index is 0.00000245. The van der Waals surface area contributed by atoms with Gasteiger partial charge in [-0.1, -0.05) is 0 Å². The first-order chi connectivity index (χ1) is 38.1. The number of aromatic nitrogens is 4. The maximum absolute atomic E-state index is 11.8. The molecule has 0 unspecified atom stereocenters. The van der Waals surface area contributed by atoms with E-state index < -0.39 is 23.9 Å². The number of benzene rings is 4. The quantitative estimate of drug-likeness (QED) is 0.0774. The molecule has 0 saturated carbocycles. The second-order valence-electron chi connectivity index (χ2n) is 18.2. The fraction of sp³-hybridized carbons (Fsp3) is 0.133. The van der Waals surface area contributed by atoms with Crippen LogP contribution in [0.2, 0.25) is 0 Å². The van der Waals surface area contributed by atoms with Crippen LogP contribution in [0.3, 0.4) is 0 Å². The van der Waals surface area contributed by atoms with E-state index in [2.05, 4.69) is 0 Å². The van der Waals surface area contributed by atoms with Gasteiger partial charge >= 0.3 is 23.9 Å². The van der Waals surface area contributed by atoms with E-state index in [4.69, 9.17) is 19.9 Å². The fourth-order valence-electron chi connectivity index (χ4n) is 7.39. The number of aromatic carboxylic acids is 4. The third kappa shape index (κ3) is 20.0.